The minimum Gasteiger partial charge on any atom is -0.396 e. The summed E-state index contributed by atoms with van der Waals surface area (Å²) in [4.78, 5) is 3.98. The average Bonchev–Trinajstić information content (AvgIpc) is 2.69. The van der Waals surface area contributed by atoms with Crippen molar-refractivity contribution < 1.29 is 5.11 Å². The molecule has 0 fully saturated rings. The van der Waals surface area contributed by atoms with Gasteiger partial charge in [0, 0.05) is 25.5 Å². The molecular weight excluding hydrogens is 178 g/mol. The number of aromatic nitrogens is 2. The highest BCUT2D eigenvalue weighted by atomic mass is 16.2. The van der Waals surface area contributed by atoms with Gasteiger partial charge in [-0.25, -0.2) is 4.98 Å². The molecule has 1 heterocycles. The van der Waals surface area contributed by atoms with Gasteiger partial charge < -0.3 is 15.0 Å². The number of nitrogens with one attached hydrogen (secondary N) is 1. The lowest BCUT2D eigenvalue weighted by molar-refractivity contribution is 0.283. The summed E-state index contributed by atoms with van der Waals surface area (Å²) in [5.41, 5.74) is 0. The van der Waals surface area contributed by atoms with Gasteiger partial charge in [0.25, 0.3) is 0 Å². The largest absolute Gasteiger partial charge is 0.396 e. The molecule has 1 aromatic heterocycles. The first-order valence-electron chi connectivity index (χ1n) is 5.21. The van der Waals surface area contributed by atoms with E-state index in [1.165, 1.54) is 0 Å². The molecule has 0 aliphatic carbocycles. The molecule has 80 valence electrons. The van der Waals surface area contributed by atoms with Crippen LogP contribution in [0, 0.1) is 0 Å². The molecular formula is C10H19N3O. The fourth-order valence-electron chi connectivity index (χ4n) is 1.29. The maximum absolute atomic E-state index is 8.56. The minimum absolute atomic E-state index is 0.302. The van der Waals surface area contributed by atoms with E-state index in [2.05, 4.69) is 14.9 Å². The van der Waals surface area contributed by atoms with Crippen molar-refractivity contribution in [1.82, 2.24) is 14.9 Å². The number of aliphatic hydroxyl groups excluding tert-OH is 1. The van der Waals surface area contributed by atoms with E-state index < -0.39 is 0 Å². The number of aliphatic hydroxyl groups is 1. The van der Waals surface area contributed by atoms with Crippen molar-refractivity contribution in [2.24, 2.45) is 0 Å². The first-order chi connectivity index (χ1) is 6.93. The number of imidazole rings is 1. The number of aryl methyl sites for hydroxylation is 1. The third kappa shape index (κ3) is 4.99. The Morgan fingerprint density at radius 3 is 2.79 bits per heavy atom. The van der Waals surface area contributed by atoms with E-state index in [9.17, 15) is 0 Å². The normalized spacial score (nSPS) is 10.6. The summed E-state index contributed by atoms with van der Waals surface area (Å²) in [5.74, 6) is 0. The quantitative estimate of drug-likeness (QED) is 0.601. The summed E-state index contributed by atoms with van der Waals surface area (Å²) in [6.45, 7) is 3.36. The Morgan fingerprint density at radius 2 is 2.07 bits per heavy atom. The van der Waals surface area contributed by atoms with Gasteiger partial charge in [0.1, 0.15) is 0 Å². The highest BCUT2D eigenvalue weighted by Crippen LogP contribution is 1.89. The lowest BCUT2D eigenvalue weighted by Gasteiger charge is -2.04. The molecule has 0 saturated carbocycles. The zero-order valence-electron chi connectivity index (χ0n) is 8.52. The number of hydrogen-bond acceptors (Lipinski definition) is 3. The van der Waals surface area contributed by atoms with Gasteiger partial charge in [-0.15, -0.1) is 0 Å². The summed E-state index contributed by atoms with van der Waals surface area (Å²) >= 11 is 0. The van der Waals surface area contributed by atoms with E-state index in [0.717, 1.165) is 38.9 Å². The van der Waals surface area contributed by atoms with Gasteiger partial charge in [0.05, 0.1) is 6.33 Å². The predicted molar refractivity (Wildman–Crippen MR) is 56.0 cm³/mol. The molecule has 1 rings (SSSR count). The molecule has 0 amide bonds. The van der Waals surface area contributed by atoms with E-state index in [-0.39, 0.29) is 0 Å². The second-order valence-electron chi connectivity index (χ2n) is 3.33. The first-order valence-corrected chi connectivity index (χ1v) is 5.21. The molecule has 0 spiro atoms. The molecule has 0 saturated heterocycles. The number of unbranched alkanes of at least 4 members (excludes halogenated alkanes) is 1. The van der Waals surface area contributed by atoms with E-state index in [4.69, 9.17) is 5.11 Å². The van der Waals surface area contributed by atoms with Gasteiger partial charge in [0.2, 0.25) is 0 Å². The highest BCUT2D eigenvalue weighted by molar-refractivity contribution is 4.73. The van der Waals surface area contributed by atoms with Crippen LogP contribution in [0.3, 0.4) is 0 Å². The second kappa shape index (κ2) is 7.53. The molecule has 4 heteroatoms. The van der Waals surface area contributed by atoms with Crippen LogP contribution < -0.4 is 5.32 Å². The summed E-state index contributed by atoms with van der Waals surface area (Å²) in [7, 11) is 0. The Balaban J connectivity index is 1.85. The summed E-state index contributed by atoms with van der Waals surface area (Å²) in [5, 5.41) is 11.9. The van der Waals surface area contributed by atoms with Crippen LogP contribution >= 0.6 is 0 Å². The van der Waals surface area contributed by atoms with Gasteiger partial charge in [-0.2, -0.15) is 0 Å². The lowest BCUT2D eigenvalue weighted by Crippen LogP contribution is -2.18. The predicted octanol–water partition coefficient (Wildman–Crippen LogP) is 0.635. The Kier molecular flexibility index (Phi) is 6.02. The van der Waals surface area contributed by atoms with Crippen LogP contribution in [-0.4, -0.2) is 34.4 Å². The maximum atomic E-state index is 8.56. The molecule has 0 atom stereocenters. The van der Waals surface area contributed by atoms with Crippen molar-refractivity contribution in [2.45, 2.75) is 25.8 Å². The molecule has 4 nitrogen and oxygen atoms in total. The van der Waals surface area contributed by atoms with Gasteiger partial charge in [-0.1, -0.05) is 0 Å². The highest BCUT2D eigenvalue weighted by Gasteiger charge is 1.90. The fourth-order valence-corrected chi connectivity index (χ4v) is 1.29. The van der Waals surface area contributed by atoms with Gasteiger partial charge >= 0.3 is 0 Å². The molecule has 2 N–H and O–H groups in total. The smallest absolute Gasteiger partial charge is 0.0945 e. The van der Waals surface area contributed by atoms with Crippen molar-refractivity contribution in [1.29, 1.82) is 0 Å². The number of rotatable bonds is 8. The molecule has 1 aromatic rings. The Morgan fingerprint density at radius 1 is 1.21 bits per heavy atom. The molecule has 0 radical (unpaired) electrons. The monoisotopic (exact) mass is 197 g/mol. The zero-order chi connectivity index (χ0) is 10.1. The molecule has 14 heavy (non-hydrogen) atoms. The summed E-state index contributed by atoms with van der Waals surface area (Å²) in [6.07, 6.45) is 8.69. The molecule has 0 aromatic carbocycles. The standard InChI is InChI=1S/C10H19N3O/c14-9-2-1-4-11-5-3-7-13-8-6-12-10-13/h6,8,10-11,14H,1-5,7,9H2. The van der Waals surface area contributed by atoms with Crippen molar-refractivity contribution in [3.05, 3.63) is 18.7 Å². The second-order valence-corrected chi connectivity index (χ2v) is 3.33. The number of hydrogen-bond donors (Lipinski definition) is 2. The minimum atomic E-state index is 0.302. The van der Waals surface area contributed by atoms with Crippen LogP contribution in [0.15, 0.2) is 18.7 Å². The topological polar surface area (TPSA) is 50.1 Å². The lowest BCUT2D eigenvalue weighted by atomic mass is 10.3. The van der Waals surface area contributed by atoms with Gasteiger partial charge in [0.15, 0.2) is 0 Å². The molecule has 0 bridgehead atoms. The van der Waals surface area contributed by atoms with Crippen LogP contribution in [0.4, 0.5) is 0 Å². The van der Waals surface area contributed by atoms with Crippen LogP contribution in [0.25, 0.3) is 0 Å². The zero-order valence-corrected chi connectivity index (χ0v) is 8.52. The molecule has 0 aliphatic rings. The van der Waals surface area contributed by atoms with E-state index >= 15 is 0 Å². The average molecular weight is 197 g/mol. The van der Waals surface area contributed by atoms with Crippen molar-refractivity contribution in [2.75, 3.05) is 19.7 Å². The third-order valence-electron chi connectivity index (χ3n) is 2.09. The first kappa shape index (κ1) is 11.2. The van der Waals surface area contributed by atoms with Crippen LogP contribution in [0.2, 0.25) is 0 Å². The van der Waals surface area contributed by atoms with E-state index in [1.54, 1.807) is 6.20 Å². The molecule has 0 aliphatic heterocycles. The van der Waals surface area contributed by atoms with Crippen molar-refractivity contribution in [3.8, 4) is 0 Å². The molecule has 0 unspecified atom stereocenters. The van der Waals surface area contributed by atoms with Gasteiger partial charge in [-0.05, 0) is 32.4 Å². The van der Waals surface area contributed by atoms with Crippen LogP contribution in [0.5, 0.6) is 0 Å². The Hall–Kier alpha value is -0.870. The Labute approximate surface area is 85.0 Å². The van der Waals surface area contributed by atoms with Crippen LogP contribution in [0.1, 0.15) is 19.3 Å². The SMILES string of the molecule is OCCCCNCCCn1ccnc1. The maximum Gasteiger partial charge on any atom is 0.0945 e. The van der Waals surface area contributed by atoms with E-state index in [0.29, 0.717) is 6.61 Å². The third-order valence-corrected chi connectivity index (χ3v) is 2.09. The summed E-state index contributed by atoms with van der Waals surface area (Å²) in [6, 6.07) is 0. The van der Waals surface area contributed by atoms with Gasteiger partial charge in [-0.3, -0.25) is 0 Å². The van der Waals surface area contributed by atoms with Crippen molar-refractivity contribution in [3.63, 3.8) is 0 Å². The fraction of sp³-hybridized carbons (Fsp3) is 0.700. The van der Waals surface area contributed by atoms with Crippen molar-refractivity contribution >= 4 is 0 Å². The van der Waals surface area contributed by atoms with Crippen LogP contribution in [-0.2, 0) is 6.54 Å². The summed E-state index contributed by atoms with van der Waals surface area (Å²) < 4.78 is 2.08. The number of nitrogens with zero attached hydrogens (tertiary/aromatic N) is 2. The van der Waals surface area contributed by atoms with E-state index in [1.807, 2.05) is 12.5 Å². The Bertz CT molecular complexity index is 211.